The average Bonchev–Trinajstić information content (AvgIpc) is 3.09. The topological polar surface area (TPSA) is 96.3 Å². The average molecular weight is 411 g/mol. The number of nitrogens with one attached hydrogen (secondary N) is 2. The highest BCUT2D eigenvalue weighted by atomic mass is 19.4. The quantitative estimate of drug-likeness (QED) is 0.731. The highest BCUT2D eigenvalue weighted by Crippen LogP contribution is 2.27. The van der Waals surface area contributed by atoms with Gasteiger partial charge >= 0.3 is 6.18 Å². The van der Waals surface area contributed by atoms with Gasteiger partial charge in [-0.25, -0.2) is 0 Å². The van der Waals surface area contributed by atoms with Gasteiger partial charge in [-0.2, -0.15) is 18.3 Å². The van der Waals surface area contributed by atoms with E-state index in [-0.39, 0.29) is 19.0 Å². The van der Waals surface area contributed by atoms with Crippen molar-refractivity contribution in [3.8, 4) is 0 Å². The van der Waals surface area contributed by atoms with Crippen molar-refractivity contribution in [3.05, 3.63) is 42.2 Å². The highest BCUT2D eigenvalue weighted by Gasteiger charge is 2.33. The maximum Gasteiger partial charge on any atom is 0.435 e. The predicted octanol–water partition coefficient (Wildman–Crippen LogP) is 2.35. The van der Waals surface area contributed by atoms with Gasteiger partial charge in [0.15, 0.2) is 5.69 Å². The molecule has 0 spiro atoms. The van der Waals surface area contributed by atoms with Gasteiger partial charge in [0, 0.05) is 31.0 Å². The molecule has 0 unspecified atom stereocenters. The van der Waals surface area contributed by atoms with Crippen LogP contribution in [-0.2, 0) is 27.1 Å². The molecule has 1 heterocycles. The van der Waals surface area contributed by atoms with Gasteiger partial charge in [-0.1, -0.05) is 0 Å². The van der Waals surface area contributed by atoms with Crippen LogP contribution in [0.1, 0.15) is 19.5 Å². The number of rotatable bonds is 7. The zero-order valence-corrected chi connectivity index (χ0v) is 15.8. The van der Waals surface area contributed by atoms with Crippen LogP contribution < -0.4 is 10.6 Å². The number of likely N-dealkylation sites (N-methyl/N-ethyl adjacent to an activating group) is 1. The van der Waals surface area contributed by atoms with Crippen molar-refractivity contribution in [3.63, 3.8) is 0 Å². The zero-order chi connectivity index (χ0) is 21.6. The lowest BCUT2D eigenvalue weighted by Crippen LogP contribution is -2.39. The van der Waals surface area contributed by atoms with E-state index < -0.39 is 30.2 Å². The van der Waals surface area contributed by atoms with E-state index in [1.165, 1.54) is 11.8 Å². The Kier molecular flexibility index (Phi) is 6.97. The molecule has 0 fully saturated rings. The highest BCUT2D eigenvalue weighted by molar-refractivity contribution is 5.95. The van der Waals surface area contributed by atoms with Crippen LogP contribution in [0.4, 0.5) is 24.5 Å². The number of halogens is 3. The fourth-order valence-electron chi connectivity index (χ4n) is 2.43. The first-order valence-corrected chi connectivity index (χ1v) is 8.64. The molecule has 156 valence electrons. The molecule has 2 rings (SSSR count). The van der Waals surface area contributed by atoms with Gasteiger partial charge in [-0.15, -0.1) is 0 Å². The molecule has 0 bridgehead atoms. The minimum atomic E-state index is -4.59. The number of amides is 3. The van der Waals surface area contributed by atoms with Gasteiger partial charge in [0.2, 0.25) is 17.7 Å². The summed E-state index contributed by atoms with van der Waals surface area (Å²) in [5.74, 6) is -1.23. The number of alkyl halides is 3. The molecule has 0 atom stereocenters. The number of carbonyl (C=O) groups excluding carboxylic acids is 3. The van der Waals surface area contributed by atoms with Gasteiger partial charge in [0.05, 0.1) is 6.54 Å². The zero-order valence-electron chi connectivity index (χ0n) is 15.8. The first-order chi connectivity index (χ1) is 13.6. The van der Waals surface area contributed by atoms with E-state index in [0.29, 0.717) is 11.4 Å². The van der Waals surface area contributed by atoms with E-state index in [4.69, 9.17) is 0 Å². The molecule has 1 aromatic heterocycles. The number of nitrogens with zero attached hydrogens (tertiary/aromatic N) is 3. The minimum absolute atomic E-state index is 0.196. The summed E-state index contributed by atoms with van der Waals surface area (Å²) >= 11 is 0. The van der Waals surface area contributed by atoms with Crippen LogP contribution in [-0.4, -0.2) is 45.5 Å². The summed E-state index contributed by atoms with van der Waals surface area (Å²) in [4.78, 5) is 36.7. The Bertz CT molecular complexity index is 878. The van der Waals surface area contributed by atoms with Crippen molar-refractivity contribution in [1.82, 2.24) is 14.7 Å². The van der Waals surface area contributed by atoms with E-state index in [9.17, 15) is 27.6 Å². The lowest BCUT2D eigenvalue weighted by Gasteiger charge is -2.20. The predicted molar refractivity (Wildman–Crippen MR) is 98.9 cm³/mol. The summed E-state index contributed by atoms with van der Waals surface area (Å²) in [6, 6.07) is 7.17. The maximum absolute atomic E-state index is 12.6. The summed E-state index contributed by atoms with van der Waals surface area (Å²) in [6.07, 6.45) is -3.53. The third kappa shape index (κ3) is 6.63. The molecule has 29 heavy (non-hydrogen) atoms. The monoisotopic (exact) mass is 411 g/mol. The number of carbonyl (C=O) groups is 3. The third-order valence-electron chi connectivity index (χ3n) is 3.79. The number of benzene rings is 1. The molecular weight excluding hydrogens is 391 g/mol. The molecule has 11 heteroatoms. The van der Waals surface area contributed by atoms with Crippen LogP contribution in [0.5, 0.6) is 0 Å². The van der Waals surface area contributed by atoms with Crippen LogP contribution >= 0.6 is 0 Å². The maximum atomic E-state index is 12.6. The number of hydrogen-bond acceptors (Lipinski definition) is 4. The van der Waals surface area contributed by atoms with Crippen LogP contribution in [0.2, 0.25) is 0 Å². The molecule has 2 aromatic rings. The van der Waals surface area contributed by atoms with Crippen molar-refractivity contribution >= 4 is 29.1 Å². The molecule has 0 saturated carbocycles. The molecular formula is C18H20F3N5O3. The van der Waals surface area contributed by atoms with Crippen molar-refractivity contribution in [1.29, 1.82) is 0 Å². The van der Waals surface area contributed by atoms with Gasteiger partial charge in [-0.3, -0.25) is 19.1 Å². The molecule has 8 nitrogen and oxygen atoms in total. The molecule has 0 aliphatic rings. The van der Waals surface area contributed by atoms with Crippen LogP contribution in [0.25, 0.3) is 0 Å². The van der Waals surface area contributed by atoms with Gasteiger partial charge in [-0.05, 0) is 37.3 Å². The third-order valence-corrected chi connectivity index (χ3v) is 3.79. The molecule has 1 aromatic carbocycles. The normalized spacial score (nSPS) is 11.1. The lowest BCUT2D eigenvalue weighted by molar-refractivity contribution is -0.142. The summed E-state index contributed by atoms with van der Waals surface area (Å²) < 4.78 is 38.6. The second-order valence-electron chi connectivity index (χ2n) is 6.11. The standard InChI is InChI=1S/C18H20F3N5O3/c1-3-25(17(29)11-26-9-8-15(24-26)18(19,20)21)10-16(28)23-14-6-4-13(5-7-14)22-12(2)27/h4-9H,3,10-11H2,1-2H3,(H,22,27)(H,23,28). The van der Waals surface area contributed by atoms with Crippen molar-refractivity contribution in [2.45, 2.75) is 26.6 Å². The van der Waals surface area contributed by atoms with Crippen molar-refractivity contribution in [2.24, 2.45) is 0 Å². The first-order valence-electron chi connectivity index (χ1n) is 8.64. The lowest BCUT2D eigenvalue weighted by atomic mass is 10.2. The minimum Gasteiger partial charge on any atom is -0.332 e. The van der Waals surface area contributed by atoms with E-state index in [1.54, 1.807) is 31.2 Å². The van der Waals surface area contributed by atoms with Crippen molar-refractivity contribution < 1.29 is 27.6 Å². The van der Waals surface area contributed by atoms with Crippen LogP contribution in [0, 0.1) is 0 Å². The summed E-state index contributed by atoms with van der Waals surface area (Å²) in [7, 11) is 0. The van der Waals surface area contributed by atoms with Gasteiger partial charge in [0.25, 0.3) is 0 Å². The largest absolute Gasteiger partial charge is 0.435 e. The Morgan fingerprint density at radius 2 is 1.66 bits per heavy atom. The number of aromatic nitrogens is 2. The second kappa shape index (κ2) is 9.22. The Hall–Kier alpha value is -3.37. The summed E-state index contributed by atoms with van der Waals surface area (Å²) in [5.41, 5.74) is -0.0541. The first kappa shape index (κ1) is 21.9. The smallest absolute Gasteiger partial charge is 0.332 e. The van der Waals surface area contributed by atoms with Gasteiger partial charge < -0.3 is 15.5 Å². The Balaban J connectivity index is 1.92. The van der Waals surface area contributed by atoms with Crippen LogP contribution in [0.3, 0.4) is 0 Å². The Morgan fingerprint density at radius 3 is 2.14 bits per heavy atom. The fourth-order valence-corrected chi connectivity index (χ4v) is 2.43. The molecule has 0 saturated heterocycles. The molecule has 0 aliphatic carbocycles. The SMILES string of the molecule is CCN(CC(=O)Nc1ccc(NC(C)=O)cc1)C(=O)Cn1ccc(C(F)(F)F)n1. The fraction of sp³-hybridized carbons (Fsp3) is 0.333. The van der Waals surface area contributed by atoms with E-state index in [1.807, 2.05) is 0 Å². The molecule has 2 N–H and O–H groups in total. The van der Waals surface area contributed by atoms with E-state index >= 15 is 0 Å². The summed E-state index contributed by atoms with van der Waals surface area (Å²) in [6.45, 7) is 2.54. The Labute approximate surface area is 164 Å². The van der Waals surface area contributed by atoms with Crippen molar-refractivity contribution in [2.75, 3.05) is 23.7 Å². The molecule has 0 radical (unpaired) electrons. The van der Waals surface area contributed by atoms with Crippen LogP contribution in [0.15, 0.2) is 36.5 Å². The molecule has 0 aliphatic heterocycles. The number of anilines is 2. The number of hydrogen-bond donors (Lipinski definition) is 2. The van der Waals surface area contributed by atoms with E-state index in [0.717, 1.165) is 16.9 Å². The van der Waals surface area contributed by atoms with E-state index in [2.05, 4.69) is 15.7 Å². The van der Waals surface area contributed by atoms with Gasteiger partial charge in [0.1, 0.15) is 6.54 Å². The Morgan fingerprint density at radius 1 is 1.07 bits per heavy atom. The summed E-state index contributed by atoms with van der Waals surface area (Å²) in [5, 5.41) is 8.53. The molecule has 3 amide bonds. The second-order valence-corrected chi connectivity index (χ2v) is 6.11.